The lowest BCUT2D eigenvalue weighted by molar-refractivity contribution is 0.609. The Morgan fingerprint density at radius 3 is 2.85 bits per heavy atom. The van der Waals surface area contributed by atoms with Gasteiger partial charge in [0, 0.05) is 12.5 Å². The zero-order valence-corrected chi connectivity index (χ0v) is 12.9. The largest absolute Gasteiger partial charge is 0.357 e. The Morgan fingerprint density at radius 2 is 2.05 bits per heavy atom. The van der Waals surface area contributed by atoms with Gasteiger partial charge in [-0.2, -0.15) is 0 Å². The Labute approximate surface area is 124 Å². The molecule has 0 fully saturated rings. The minimum Gasteiger partial charge on any atom is -0.357 e. The van der Waals surface area contributed by atoms with Crippen molar-refractivity contribution >= 4 is 16.5 Å². The molecule has 2 aromatic rings. The summed E-state index contributed by atoms with van der Waals surface area (Å²) in [6.07, 6.45) is 4.45. The van der Waals surface area contributed by atoms with Crippen LogP contribution in [-0.2, 0) is 19.3 Å². The summed E-state index contributed by atoms with van der Waals surface area (Å²) in [4.78, 5) is 0. The van der Waals surface area contributed by atoms with E-state index in [1.54, 1.807) is 11.3 Å². The topological polar surface area (TPSA) is 37.8 Å². The number of aromatic nitrogens is 2. The predicted octanol–water partition coefficient (Wildman–Crippen LogP) is 3.71. The van der Waals surface area contributed by atoms with E-state index in [1.165, 1.54) is 17.5 Å². The highest BCUT2D eigenvalue weighted by Gasteiger charge is 2.19. The summed E-state index contributed by atoms with van der Waals surface area (Å²) in [5.74, 6) is 0.636. The molecule has 3 nitrogen and oxygen atoms in total. The van der Waals surface area contributed by atoms with Crippen LogP contribution in [0.1, 0.15) is 36.4 Å². The summed E-state index contributed by atoms with van der Waals surface area (Å²) >= 11 is 1.70. The van der Waals surface area contributed by atoms with Crippen LogP contribution in [-0.4, -0.2) is 16.2 Å². The number of nitrogens with one attached hydrogen (secondary N) is 1. The summed E-state index contributed by atoms with van der Waals surface area (Å²) in [6, 6.07) is 9.25. The molecule has 0 spiro atoms. The highest BCUT2D eigenvalue weighted by molar-refractivity contribution is 7.15. The van der Waals surface area contributed by atoms with Gasteiger partial charge in [0.2, 0.25) is 5.13 Å². The number of anilines is 1. The Balaban J connectivity index is 1.63. The minimum atomic E-state index is 0.491. The van der Waals surface area contributed by atoms with Crippen LogP contribution in [0.4, 0.5) is 5.13 Å². The van der Waals surface area contributed by atoms with Gasteiger partial charge in [-0.3, -0.25) is 0 Å². The molecule has 0 bridgehead atoms. The van der Waals surface area contributed by atoms with Crippen molar-refractivity contribution < 1.29 is 0 Å². The minimum absolute atomic E-state index is 0.491. The standard InChI is InChI=1S/C16H21N3S/c1-11(2)9-15-18-19-16(20-15)17-14-8-7-12-5-3-4-6-13(12)10-14/h3-6,11,14H,7-10H2,1-2H3,(H,17,19). The fourth-order valence-corrected chi connectivity index (χ4v) is 3.77. The third kappa shape index (κ3) is 3.18. The molecule has 1 heterocycles. The molecule has 0 radical (unpaired) electrons. The molecule has 20 heavy (non-hydrogen) atoms. The van der Waals surface area contributed by atoms with Crippen molar-refractivity contribution in [3.8, 4) is 0 Å². The van der Waals surface area contributed by atoms with Crippen LogP contribution in [0.3, 0.4) is 0 Å². The molecule has 0 aliphatic heterocycles. The lowest BCUT2D eigenvalue weighted by Crippen LogP contribution is -2.27. The number of aryl methyl sites for hydroxylation is 1. The number of rotatable bonds is 4. The first-order valence-corrected chi connectivity index (χ1v) is 8.18. The highest BCUT2D eigenvalue weighted by atomic mass is 32.1. The van der Waals surface area contributed by atoms with Crippen molar-refractivity contribution in [2.24, 2.45) is 5.92 Å². The lowest BCUT2D eigenvalue weighted by atomic mass is 9.88. The SMILES string of the molecule is CC(C)Cc1nnc(NC2CCc3ccccc3C2)s1. The Morgan fingerprint density at radius 1 is 1.25 bits per heavy atom. The van der Waals surface area contributed by atoms with Gasteiger partial charge >= 0.3 is 0 Å². The van der Waals surface area contributed by atoms with E-state index >= 15 is 0 Å². The maximum Gasteiger partial charge on any atom is 0.205 e. The average Bonchev–Trinajstić information content (AvgIpc) is 2.85. The van der Waals surface area contributed by atoms with Crippen molar-refractivity contribution in [3.05, 3.63) is 40.4 Å². The molecular weight excluding hydrogens is 266 g/mol. The molecule has 1 atom stereocenters. The van der Waals surface area contributed by atoms with Crippen molar-refractivity contribution in [2.75, 3.05) is 5.32 Å². The van der Waals surface area contributed by atoms with E-state index in [2.05, 4.69) is 53.6 Å². The van der Waals surface area contributed by atoms with E-state index in [0.717, 1.165) is 29.4 Å². The van der Waals surface area contributed by atoms with Crippen LogP contribution >= 0.6 is 11.3 Å². The van der Waals surface area contributed by atoms with Crippen LogP contribution in [0.5, 0.6) is 0 Å². The molecular formula is C16H21N3S. The van der Waals surface area contributed by atoms with E-state index in [9.17, 15) is 0 Å². The number of hydrogen-bond acceptors (Lipinski definition) is 4. The zero-order chi connectivity index (χ0) is 13.9. The van der Waals surface area contributed by atoms with Crippen molar-refractivity contribution in [2.45, 2.75) is 45.6 Å². The van der Waals surface area contributed by atoms with Gasteiger partial charge in [0.05, 0.1) is 0 Å². The normalized spacial score (nSPS) is 18.1. The molecule has 3 rings (SSSR count). The molecule has 0 saturated heterocycles. The molecule has 106 valence electrons. The van der Waals surface area contributed by atoms with Crippen LogP contribution in [0.15, 0.2) is 24.3 Å². The second-order valence-corrected chi connectivity index (χ2v) is 7.01. The third-order valence-electron chi connectivity index (χ3n) is 3.72. The fraction of sp³-hybridized carbons (Fsp3) is 0.500. The van der Waals surface area contributed by atoms with E-state index < -0.39 is 0 Å². The zero-order valence-electron chi connectivity index (χ0n) is 12.1. The molecule has 1 aliphatic carbocycles. The Bertz CT molecular complexity index is 577. The number of benzene rings is 1. The first-order chi connectivity index (χ1) is 9.70. The molecule has 1 unspecified atom stereocenters. The highest BCUT2D eigenvalue weighted by Crippen LogP contribution is 2.25. The summed E-state index contributed by atoms with van der Waals surface area (Å²) < 4.78 is 0. The number of fused-ring (bicyclic) bond motifs is 1. The van der Waals surface area contributed by atoms with Gasteiger partial charge in [0.25, 0.3) is 0 Å². The van der Waals surface area contributed by atoms with E-state index in [4.69, 9.17) is 0 Å². The van der Waals surface area contributed by atoms with E-state index in [0.29, 0.717) is 12.0 Å². The number of hydrogen-bond donors (Lipinski definition) is 1. The van der Waals surface area contributed by atoms with Crippen molar-refractivity contribution in [1.29, 1.82) is 0 Å². The van der Waals surface area contributed by atoms with Gasteiger partial charge in [-0.1, -0.05) is 49.4 Å². The maximum absolute atomic E-state index is 4.28. The molecule has 1 aromatic heterocycles. The van der Waals surface area contributed by atoms with Crippen molar-refractivity contribution in [3.63, 3.8) is 0 Å². The summed E-state index contributed by atoms with van der Waals surface area (Å²) in [7, 11) is 0. The van der Waals surface area contributed by atoms with Crippen LogP contribution < -0.4 is 5.32 Å². The van der Waals surface area contributed by atoms with Gasteiger partial charge in [-0.05, 0) is 36.3 Å². The van der Waals surface area contributed by atoms with Gasteiger partial charge in [0.15, 0.2) is 0 Å². The van der Waals surface area contributed by atoms with Gasteiger partial charge in [-0.15, -0.1) is 10.2 Å². The summed E-state index contributed by atoms with van der Waals surface area (Å²) in [5.41, 5.74) is 2.98. The van der Waals surface area contributed by atoms with Crippen LogP contribution in [0.25, 0.3) is 0 Å². The van der Waals surface area contributed by atoms with Gasteiger partial charge < -0.3 is 5.32 Å². The first kappa shape index (κ1) is 13.6. The smallest absolute Gasteiger partial charge is 0.205 e. The van der Waals surface area contributed by atoms with Crippen LogP contribution in [0.2, 0.25) is 0 Å². The number of nitrogens with zero attached hydrogens (tertiary/aromatic N) is 2. The average molecular weight is 287 g/mol. The summed E-state index contributed by atoms with van der Waals surface area (Å²) in [6.45, 7) is 4.43. The predicted molar refractivity (Wildman–Crippen MR) is 84.3 cm³/mol. The summed E-state index contributed by atoms with van der Waals surface area (Å²) in [5, 5.41) is 14.2. The van der Waals surface area contributed by atoms with Crippen LogP contribution in [0, 0.1) is 5.92 Å². The monoisotopic (exact) mass is 287 g/mol. The molecule has 0 saturated carbocycles. The molecule has 1 aliphatic rings. The lowest BCUT2D eigenvalue weighted by Gasteiger charge is -2.24. The molecule has 1 N–H and O–H groups in total. The third-order valence-corrected chi connectivity index (χ3v) is 4.60. The molecule has 4 heteroatoms. The molecule has 1 aromatic carbocycles. The first-order valence-electron chi connectivity index (χ1n) is 7.36. The van der Waals surface area contributed by atoms with E-state index in [1.807, 2.05) is 0 Å². The van der Waals surface area contributed by atoms with E-state index in [-0.39, 0.29) is 0 Å². The Kier molecular flexibility index (Phi) is 4.01. The van der Waals surface area contributed by atoms with Gasteiger partial charge in [0.1, 0.15) is 5.01 Å². The molecule has 0 amide bonds. The van der Waals surface area contributed by atoms with Crippen molar-refractivity contribution in [1.82, 2.24) is 10.2 Å². The van der Waals surface area contributed by atoms with Gasteiger partial charge in [-0.25, -0.2) is 0 Å². The second-order valence-electron chi connectivity index (χ2n) is 5.95. The second kappa shape index (κ2) is 5.92. The fourth-order valence-electron chi connectivity index (χ4n) is 2.74. The maximum atomic E-state index is 4.28. The quantitative estimate of drug-likeness (QED) is 0.931. The Hall–Kier alpha value is -1.42.